The number of carbonyl (C=O) groups excluding carboxylic acids is 1. The molecule has 1 amide bonds. The minimum absolute atomic E-state index is 0.232. The highest BCUT2D eigenvalue weighted by molar-refractivity contribution is 7.12. The van der Waals surface area contributed by atoms with Crippen LogP contribution >= 0.6 is 11.3 Å². The molecule has 0 radical (unpaired) electrons. The summed E-state index contributed by atoms with van der Waals surface area (Å²) in [6.45, 7) is 3.46. The van der Waals surface area contributed by atoms with Crippen LogP contribution in [-0.4, -0.2) is 17.0 Å². The number of carbonyl (C=O) groups is 2. The molecular formula is C16H17NO3S. The van der Waals surface area contributed by atoms with Gasteiger partial charge in [-0.2, -0.15) is 0 Å². The summed E-state index contributed by atoms with van der Waals surface area (Å²) >= 11 is 1.36. The highest BCUT2D eigenvalue weighted by atomic mass is 32.1. The molecule has 110 valence electrons. The van der Waals surface area contributed by atoms with Crippen LogP contribution in [0.1, 0.15) is 33.8 Å². The van der Waals surface area contributed by atoms with Crippen LogP contribution in [0.2, 0.25) is 0 Å². The number of aryl methyl sites for hydroxylation is 1. The first-order chi connectivity index (χ1) is 10.0. The molecule has 0 unspecified atom stereocenters. The topological polar surface area (TPSA) is 66.4 Å². The van der Waals surface area contributed by atoms with Crippen LogP contribution in [0.25, 0.3) is 0 Å². The molecule has 2 N–H and O–H groups in total. The summed E-state index contributed by atoms with van der Waals surface area (Å²) < 4.78 is 0. The summed E-state index contributed by atoms with van der Waals surface area (Å²) in [6, 6.07) is 10.5. The summed E-state index contributed by atoms with van der Waals surface area (Å²) in [5.41, 5.74) is 1.68. The van der Waals surface area contributed by atoms with Gasteiger partial charge in [0.05, 0.1) is 16.8 Å². The Bertz CT molecular complexity index is 636. The van der Waals surface area contributed by atoms with Gasteiger partial charge in [-0.1, -0.05) is 30.3 Å². The molecule has 1 aromatic heterocycles. The second-order valence-corrected chi connectivity index (χ2v) is 5.84. The van der Waals surface area contributed by atoms with Crippen molar-refractivity contribution in [3.63, 3.8) is 0 Å². The van der Waals surface area contributed by atoms with Crippen molar-refractivity contribution in [1.29, 1.82) is 0 Å². The SMILES string of the molecule is Cc1ccsc1C(=O)N[C@H](c1ccccc1)[C@H](C)C(=O)O. The average Bonchev–Trinajstić information content (AvgIpc) is 2.91. The Kier molecular flexibility index (Phi) is 4.75. The number of nitrogens with one attached hydrogen (secondary N) is 1. The summed E-state index contributed by atoms with van der Waals surface area (Å²) in [5, 5.41) is 14.0. The van der Waals surface area contributed by atoms with Gasteiger partial charge >= 0.3 is 5.97 Å². The molecule has 0 saturated carbocycles. The molecule has 21 heavy (non-hydrogen) atoms. The number of carboxylic acid groups (broad SMARTS) is 1. The van der Waals surface area contributed by atoms with Crippen molar-refractivity contribution >= 4 is 23.2 Å². The number of benzene rings is 1. The second kappa shape index (κ2) is 6.54. The Morgan fingerprint density at radius 3 is 2.38 bits per heavy atom. The Hall–Kier alpha value is -2.14. The maximum Gasteiger partial charge on any atom is 0.308 e. The molecule has 0 aliphatic carbocycles. The zero-order valence-corrected chi connectivity index (χ0v) is 12.7. The van der Waals surface area contributed by atoms with E-state index in [1.54, 1.807) is 6.92 Å². The lowest BCUT2D eigenvalue weighted by Gasteiger charge is -2.22. The van der Waals surface area contributed by atoms with Gasteiger partial charge in [0.15, 0.2) is 0 Å². The van der Waals surface area contributed by atoms with Crippen LogP contribution in [0.4, 0.5) is 0 Å². The first kappa shape index (κ1) is 15.3. The van der Waals surface area contributed by atoms with E-state index in [0.717, 1.165) is 11.1 Å². The van der Waals surface area contributed by atoms with E-state index < -0.39 is 17.9 Å². The summed E-state index contributed by atoms with van der Waals surface area (Å²) in [6.07, 6.45) is 0. The number of hydrogen-bond acceptors (Lipinski definition) is 3. The molecule has 0 bridgehead atoms. The molecule has 5 heteroatoms. The molecule has 0 fully saturated rings. The third-order valence-corrected chi connectivity index (χ3v) is 4.42. The van der Waals surface area contributed by atoms with Gasteiger partial charge in [-0.05, 0) is 36.4 Å². The monoisotopic (exact) mass is 303 g/mol. The molecule has 0 spiro atoms. The minimum atomic E-state index is -0.938. The number of rotatable bonds is 5. The maximum absolute atomic E-state index is 12.3. The van der Waals surface area contributed by atoms with E-state index >= 15 is 0 Å². The average molecular weight is 303 g/mol. The predicted molar refractivity (Wildman–Crippen MR) is 82.5 cm³/mol. The van der Waals surface area contributed by atoms with Crippen molar-refractivity contribution in [2.75, 3.05) is 0 Å². The van der Waals surface area contributed by atoms with Gasteiger partial charge in [-0.3, -0.25) is 9.59 Å². The fraction of sp³-hybridized carbons (Fsp3) is 0.250. The van der Waals surface area contributed by atoms with E-state index in [0.29, 0.717) is 4.88 Å². The van der Waals surface area contributed by atoms with E-state index in [9.17, 15) is 14.7 Å². The lowest BCUT2D eigenvalue weighted by Crippen LogP contribution is -2.35. The Morgan fingerprint density at radius 1 is 1.19 bits per heavy atom. The van der Waals surface area contributed by atoms with Gasteiger partial charge < -0.3 is 10.4 Å². The van der Waals surface area contributed by atoms with Gasteiger partial charge in [-0.25, -0.2) is 0 Å². The van der Waals surface area contributed by atoms with Crippen molar-refractivity contribution in [1.82, 2.24) is 5.32 Å². The van der Waals surface area contributed by atoms with E-state index in [4.69, 9.17) is 0 Å². The van der Waals surface area contributed by atoms with Gasteiger partial charge in [0.2, 0.25) is 0 Å². The molecule has 1 aromatic carbocycles. The van der Waals surface area contributed by atoms with Crippen LogP contribution in [0.5, 0.6) is 0 Å². The zero-order valence-electron chi connectivity index (χ0n) is 11.9. The largest absolute Gasteiger partial charge is 0.481 e. The molecule has 0 aliphatic rings. The smallest absolute Gasteiger partial charge is 0.308 e. The maximum atomic E-state index is 12.3. The van der Waals surface area contributed by atoms with Crippen LogP contribution < -0.4 is 5.32 Å². The fourth-order valence-corrected chi connectivity index (χ4v) is 2.94. The highest BCUT2D eigenvalue weighted by Crippen LogP contribution is 2.24. The van der Waals surface area contributed by atoms with Crippen LogP contribution in [0.3, 0.4) is 0 Å². The van der Waals surface area contributed by atoms with Crippen molar-refractivity contribution < 1.29 is 14.7 Å². The van der Waals surface area contributed by atoms with Crippen LogP contribution in [0, 0.1) is 12.8 Å². The van der Waals surface area contributed by atoms with Crippen molar-refractivity contribution in [3.05, 3.63) is 57.8 Å². The first-order valence-corrected chi connectivity index (χ1v) is 7.51. The lowest BCUT2D eigenvalue weighted by atomic mass is 9.94. The van der Waals surface area contributed by atoms with Gasteiger partial charge in [0.1, 0.15) is 0 Å². The molecule has 0 saturated heterocycles. The van der Waals surface area contributed by atoms with Crippen molar-refractivity contribution in [2.45, 2.75) is 19.9 Å². The number of amides is 1. The first-order valence-electron chi connectivity index (χ1n) is 6.63. The summed E-state index contributed by atoms with van der Waals surface area (Å²) in [5.74, 6) is -1.88. The molecule has 0 aliphatic heterocycles. The Labute approximate surface area is 127 Å². The third kappa shape index (κ3) is 3.49. The highest BCUT2D eigenvalue weighted by Gasteiger charge is 2.27. The number of thiophene rings is 1. The Balaban J connectivity index is 2.27. The molecule has 2 rings (SSSR count). The number of hydrogen-bond donors (Lipinski definition) is 2. The van der Waals surface area contributed by atoms with E-state index in [-0.39, 0.29) is 5.91 Å². The predicted octanol–water partition coefficient (Wildman–Crippen LogP) is 3.25. The van der Waals surface area contributed by atoms with Crippen LogP contribution in [-0.2, 0) is 4.79 Å². The number of carboxylic acids is 1. The standard InChI is InChI=1S/C16H17NO3S/c1-10-8-9-21-14(10)15(18)17-13(11(2)16(19)20)12-6-4-3-5-7-12/h3-9,11,13H,1-2H3,(H,17,18)(H,19,20)/t11-,13-/m0/s1. The Morgan fingerprint density at radius 2 is 1.86 bits per heavy atom. The second-order valence-electron chi connectivity index (χ2n) is 4.92. The third-order valence-electron chi connectivity index (χ3n) is 3.40. The van der Waals surface area contributed by atoms with Gasteiger partial charge in [0, 0.05) is 0 Å². The quantitative estimate of drug-likeness (QED) is 0.891. The normalized spacial score (nSPS) is 13.4. The number of aliphatic carboxylic acids is 1. The molecule has 4 nitrogen and oxygen atoms in total. The molecule has 2 atom stereocenters. The van der Waals surface area contributed by atoms with Crippen molar-refractivity contribution in [3.8, 4) is 0 Å². The summed E-state index contributed by atoms with van der Waals surface area (Å²) in [4.78, 5) is 24.3. The fourth-order valence-electron chi connectivity index (χ4n) is 2.11. The van der Waals surface area contributed by atoms with Gasteiger partial charge in [0.25, 0.3) is 5.91 Å². The van der Waals surface area contributed by atoms with Crippen molar-refractivity contribution in [2.24, 2.45) is 5.92 Å². The lowest BCUT2D eigenvalue weighted by molar-refractivity contribution is -0.142. The molecular weight excluding hydrogens is 286 g/mol. The summed E-state index contributed by atoms with van der Waals surface area (Å²) in [7, 11) is 0. The van der Waals surface area contributed by atoms with Gasteiger partial charge in [-0.15, -0.1) is 11.3 Å². The van der Waals surface area contributed by atoms with Crippen LogP contribution in [0.15, 0.2) is 41.8 Å². The zero-order chi connectivity index (χ0) is 15.4. The van der Waals surface area contributed by atoms with E-state index in [1.807, 2.05) is 48.7 Å². The molecule has 1 heterocycles. The minimum Gasteiger partial charge on any atom is -0.481 e. The van der Waals surface area contributed by atoms with E-state index in [2.05, 4.69) is 5.32 Å². The molecule has 2 aromatic rings. The van der Waals surface area contributed by atoms with E-state index in [1.165, 1.54) is 11.3 Å².